The smallest absolute Gasteiger partial charge is 0.223 e. The zero-order valence-electron chi connectivity index (χ0n) is 15.0. The van der Waals surface area contributed by atoms with E-state index in [0.717, 1.165) is 11.1 Å². The number of rotatable bonds is 5. The lowest BCUT2D eigenvalue weighted by atomic mass is 9.96. The van der Waals surface area contributed by atoms with Gasteiger partial charge in [-0.3, -0.25) is 4.79 Å². The molecule has 1 saturated heterocycles. The van der Waals surface area contributed by atoms with Crippen molar-refractivity contribution >= 4 is 5.91 Å². The molecule has 0 aromatic heterocycles. The molecule has 1 amide bonds. The van der Waals surface area contributed by atoms with Crippen LogP contribution in [0.25, 0.3) is 0 Å². The highest BCUT2D eigenvalue weighted by atomic mass is 16.7. The molecular formula is C18H27NO6. The fraction of sp³-hybridized carbons (Fsp3) is 0.611. The van der Waals surface area contributed by atoms with Gasteiger partial charge in [-0.1, -0.05) is 26.0 Å². The van der Waals surface area contributed by atoms with Gasteiger partial charge in [0.2, 0.25) is 12.2 Å². The Kier molecular flexibility index (Phi) is 6.40. The fourth-order valence-electron chi connectivity index (χ4n) is 2.92. The maximum Gasteiger partial charge on any atom is 0.223 e. The predicted octanol–water partition coefficient (Wildman–Crippen LogP) is 0.441. The van der Waals surface area contributed by atoms with Gasteiger partial charge in [-0.15, -0.1) is 0 Å². The number of hydrogen-bond acceptors (Lipinski definition) is 6. The SMILES string of the molecule is CC(=O)NC1C(Oc2cc(C)ccc2C(C)C)OC(CO)C(O)C1O. The molecule has 5 unspecified atom stereocenters. The Labute approximate surface area is 147 Å². The van der Waals surface area contributed by atoms with Crippen molar-refractivity contribution in [2.24, 2.45) is 0 Å². The summed E-state index contributed by atoms with van der Waals surface area (Å²) in [7, 11) is 0. The monoisotopic (exact) mass is 353 g/mol. The quantitative estimate of drug-likeness (QED) is 0.612. The van der Waals surface area contributed by atoms with Crippen molar-refractivity contribution < 1.29 is 29.6 Å². The minimum atomic E-state index is -1.33. The van der Waals surface area contributed by atoms with Gasteiger partial charge in [0.15, 0.2) is 0 Å². The van der Waals surface area contributed by atoms with Crippen molar-refractivity contribution in [3.05, 3.63) is 29.3 Å². The Balaban J connectivity index is 2.33. The number of aliphatic hydroxyl groups is 3. The first-order chi connectivity index (χ1) is 11.7. The van der Waals surface area contributed by atoms with E-state index >= 15 is 0 Å². The molecule has 1 aliphatic rings. The van der Waals surface area contributed by atoms with E-state index in [4.69, 9.17) is 9.47 Å². The molecule has 1 aromatic carbocycles. The second-order valence-electron chi connectivity index (χ2n) is 6.75. The number of amides is 1. The molecule has 1 aliphatic heterocycles. The molecule has 0 aliphatic carbocycles. The van der Waals surface area contributed by atoms with Crippen LogP contribution >= 0.6 is 0 Å². The number of benzene rings is 1. The lowest BCUT2D eigenvalue weighted by molar-refractivity contribution is -0.244. The van der Waals surface area contributed by atoms with Crippen LogP contribution in [-0.4, -0.2) is 58.5 Å². The molecular weight excluding hydrogens is 326 g/mol. The summed E-state index contributed by atoms with van der Waals surface area (Å²) in [5.74, 6) is 0.391. The fourth-order valence-corrected chi connectivity index (χ4v) is 2.92. The molecule has 7 heteroatoms. The van der Waals surface area contributed by atoms with E-state index in [2.05, 4.69) is 5.32 Å². The van der Waals surface area contributed by atoms with Crippen molar-refractivity contribution in [3.8, 4) is 5.75 Å². The third kappa shape index (κ3) is 4.49. The van der Waals surface area contributed by atoms with Crippen molar-refractivity contribution in [2.45, 2.75) is 64.3 Å². The topological polar surface area (TPSA) is 108 Å². The normalized spacial score (nSPS) is 29.5. The molecule has 1 aromatic rings. The van der Waals surface area contributed by atoms with Crippen LogP contribution in [0, 0.1) is 6.92 Å². The molecule has 0 bridgehead atoms. The lowest BCUT2D eigenvalue weighted by Crippen LogP contribution is -2.65. The minimum absolute atomic E-state index is 0.197. The van der Waals surface area contributed by atoms with Crippen molar-refractivity contribution in [2.75, 3.05) is 6.61 Å². The average molecular weight is 353 g/mol. The van der Waals surface area contributed by atoms with Crippen LogP contribution in [0.1, 0.15) is 37.8 Å². The number of hydrogen-bond donors (Lipinski definition) is 4. The Bertz CT molecular complexity index is 605. The highest BCUT2D eigenvalue weighted by Gasteiger charge is 2.46. The number of carbonyl (C=O) groups excluding carboxylic acids is 1. The van der Waals surface area contributed by atoms with Crippen molar-refractivity contribution in [3.63, 3.8) is 0 Å². The van der Waals surface area contributed by atoms with E-state index in [9.17, 15) is 20.1 Å². The zero-order valence-corrected chi connectivity index (χ0v) is 15.0. The Morgan fingerprint density at radius 2 is 2.00 bits per heavy atom. The summed E-state index contributed by atoms with van der Waals surface area (Å²) in [5.41, 5.74) is 1.95. The first-order valence-electron chi connectivity index (χ1n) is 8.41. The molecule has 1 heterocycles. The second-order valence-corrected chi connectivity index (χ2v) is 6.75. The maximum atomic E-state index is 11.5. The first kappa shape index (κ1) is 19.7. The molecule has 7 nitrogen and oxygen atoms in total. The van der Waals surface area contributed by atoms with Gasteiger partial charge in [0.25, 0.3) is 0 Å². The Morgan fingerprint density at radius 1 is 1.32 bits per heavy atom. The number of aryl methyl sites for hydroxylation is 1. The summed E-state index contributed by atoms with van der Waals surface area (Å²) in [6, 6.07) is 4.83. The predicted molar refractivity (Wildman–Crippen MR) is 91.3 cm³/mol. The molecule has 0 radical (unpaired) electrons. The van der Waals surface area contributed by atoms with Gasteiger partial charge in [-0.2, -0.15) is 0 Å². The summed E-state index contributed by atoms with van der Waals surface area (Å²) in [5, 5.41) is 32.3. The lowest BCUT2D eigenvalue weighted by Gasteiger charge is -2.42. The second kappa shape index (κ2) is 8.14. The summed E-state index contributed by atoms with van der Waals surface area (Å²) in [4.78, 5) is 11.5. The van der Waals surface area contributed by atoms with Crippen LogP contribution in [0.5, 0.6) is 5.75 Å². The first-order valence-corrected chi connectivity index (χ1v) is 8.41. The van der Waals surface area contributed by atoms with Gasteiger partial charge in [0.1, 0.15) is 30.1 Å². The van der Waals surface area contributed by atoms with E-state index in [-0.39, 0.29) is 11.8 Å². The summed E-state index contributed by atoms with van der Waals surface area (Å²) >= 11 is 0. The largest absolute Gasteiger partial charge is 0.462 e. The molecule has 0 saturated carbocycles. The number of aliphatic hydroxyl groups excluding tert-OH is 3. The van der Waals surface area contributed by atoms with Crippen molar-refractivity contribution in [1.82, 2.24) is 5.32 Å². The Morgan fingerprint density at radius 3 is 2.56 bits per heavy atom. The minimum Gasteiger partial charge on any atom is -0.462 e. The standard InChI is InChI=1S/C18H27NO6/c1-9(2)12-6-5-10(3)7-13(12)24-18-15(19-11(4)21)17(23)16(22)14(8-20)25-18/h5-7,9,14-18,20,22-23H,8H2,1-4H3,(H,19,21). The average Bonchev–Trinajstić information content (AvgIpc) is 2.53. The van der Waals surface area contributed by atoms with Gasteiger partial charge in [0.05, 0.1) is 6.61 Å². The van der Waals surface area contributed by atoms with Crippen LogP contribution in [0.3, 0.4) is 0 Å². The number of nitrogens with one attached hydrogen (secondary N) is 1. The van der Waals surface area contributed by atoms with E-state index < -0.39 is 37.3 Å². The van der Waals surface area contributed by atoms with Crippen LogP contribution in [-0.2, 0) is 9.53 Å². The van der Waals surface area contributed by atoms with Crippen LogP contribution in [0.2, 0.25) is 0 Å². The summed E-state index contributed by atoms with van der Waals surface area (Å²) in [6.07, 6.45) is -4.70. The molecule has 5 atom stereocenters. The number of ether oxygens (including phenoxy) is 2. The van der Waals surface area contributed by atoms with Crippen molar-refractivity contribution in [1.29, 1.82) is 0 Å². The van der Waals surface area contributed by atoms with Crippen LogP contribution in [0.4, 0.5) is 0 Å². The Hall–Kier alpha value is -1.67. The number of carbonyl (C=O) groups is 1. The van der Waals surface area contributed by atoms with Gasteiger partial charge in [0, 0.05) is 6.92 Å². The van der Waals surface area contributed by atoms with Gasteiger partial charge < -0.3 is 30.1 Å². The van der Waals surface area contributed by atoms with E-state index in [1.54, 1.807) is 0 Å². The zero-order chi connectivity index (χ0) is 18.7. The third-order valence-corrected chi connectivity index (χ3v) is 4.28. The van der Waals surface area contributed by atoms with Crippen LogP contribution in [0.15, 0.2) is 18.2 Å². The van der Waals surface area contributed by atoms with Gasteiger partial charge in [-0.05, 0) is 30.0 Å². The van der Waals surface area contributed by atoms with Gasteiger partial charge in [-0.25, -0.2) is 0 Å². The van der Waals surface area contributed by atoms with E-state index in [1.807, 2.05) is 39.0 Å². The van der Waals surface area contributed by atoms with Crippen LogP contribution < -0.4 is 10.1 Å². The molecule has 140 valence electrons. The molecule has 2 rings (SSSR count). The van der Waals surface area contributed by atoms with Gasteiger partial charge >= 0.3 is 0 Å². The highest BCUT2D eigenvalue weighted by Crippen LogP contribution is 2.31. The molecule has 0 spiro atoms. The summed E-state index contributed by atoms with van der Waals surface area (Å²) < 4.78 is 11.6. The third-order valence-electron chi connectivity index (χ3n) is 4.28. The molecule has 4 N–H and O–H groups in total. The summed E-state index contributed by atoms with van der Waals surface area (Å²) in [6.45, 7) is 6.81. The van der Waals surface area contributed by atoms with E-state index in [0.29, 0.717) is 5.75 Å². The highest BCUT2D eigenvalue weighted by molar-refractivity contribution is 5.73. The maximum absolute atomic E-state index is 11.5. The molecule has 25 heavy (non-hydrogen) atoms. The molecule has 1 fully saturated rings. The van der Waals surface area contributed by atoms with E-state index in [1.165, 1.54) is 6.92 Å².